The van der Waals surface area contributed by atoms with Crippen molar-refractivity contribution in [3.8, 4) is 0 Å². The molecule has 226 valence electrons. The standard InChI is InChI=1S/C30H45N5O5S/c1-19(2)27(34-26(38)16-21-13-11-20(3)12-14-21)29(39)32-22(17-36)8-6-7-15-31-25(37)10-5-4-9-24-28-23(18-41-24)33-30(40)35-28/h11-14,17,19,22-24,27-28H,4-10,15-16,18H2,1-3H3,(H,31,37)(H,32,39)(H,34,38)(H2,33,35,40)/t22-,23-,24-,27-,28-/m0/s1. The quantitative estimate of drug-likeness (QED) is 0.108. The molecule has 1 aromatic carbocycles. The lowest BCUT2D eigenvalue weighted by Gasteiger charge is -2.23. The number of carbonyl (C=O) groups is 5. The summed E-state index contributed by atoms with van der Waals surface area (Å²) in [4.78, 5) is 60.7. The zero-order valence-corrected chi connectivity index (χ0v) is 25.2. The number of rotatable bonds is 17. The summed E-state index contributed by atoms with van der Waals surface area (Å²) < 4.78 is 0. The van der Waals surface area contributed by atoms with Crippen molar-refractivity contribution in [1.29, 1.82) is 0 Å². The van der Waals surface area contributed by atoms with Gasteiger partial charge in [0.05, 0.1) is 24.5 Å². The van der Waals surface area contributed by atoms with E-state index >= 15 is 0 Å². The van der Waals surface area contributed by atoms with E-state index in [0.29, 0.717) is 37.5 Å². The van der Waals surface area contributed by atoms with Crippen molar-refractivity contribution in [1.82, 2.24) is 26.6 Å². The van der Waals surface area contributed by atoms with E-state index in [1.165, 1.54) is 0 Å². The first kappa shape index (κ1) is 32.4. The van der Waals surface area contributed by atoms with Crippen LogP contribution in [0, 0.1) is 12.8 Å². The summed E-state index contributed by atoms with van der Waals surface area (Å²) >= 11 is 1.88. The van der Waals surface area contributed by atoms with Crippen molar-refractivity contribution in [2.24, 2.45) is 5.92 Å². The van der Waals surface area contributed by atoms with Gasteiger partial charge in [-0.25, -0.2) is 4.79 Å². The summed E-state index contributed by atoms with van der Waals surface area (Å²) in [6.45, 7) is 6.20. The molecule has 2 heterocycles. The van der Waals surface area contributed by atoms with Gasteiger partial charge in [0.2, 0.25) is 17.7 Å². The van der Waals surface area contributed by atoms with Crippen molar-refractivity contribution in [2.75, 3.05) is 12.3 Å². The smallest absolute Gasteiger partial charge is 0.315 e. The molecule has 0 bridgehead atoms. The van der Waals surface area contributed by atoms with Gasteiger partial charge in [-0.15, -0.1) is 0 Å². The molecular formula is C30H45N5O5S. The average molecular weight is 588 g/mol. The highest BCUT2D eigenvalue weighted by Gasteiger charge is 2.42. The first-order valence-electron chi connectivity index (χ1n) is 14.7. The lowest BCUT2D eigenvalue weighted by Crippen LogP contribution is -2.52. The molecule has 0 aromatic heterocycles. The van der Waals surface area contributed by atoms with Crippen LogP contribution < -0.4 is 26.6 Å². The Bertz CT molecular complexity index is 1050. The molecule has 3 rings (SSSR count). The molecule has 2 aliphatic heterocycles. The molecule has 5 N–H and O–H groups in total. The Morgan fingerprint density at radius 3 is 2.49 bits per heavy atom. The Kier molecular flexibility index (Phi) is 13.0. The minimum absolute atomic E-state index is 0.0131. The molecule has 0 aliphatic carbocycles. The fourth-order valence-electron chi connectivity index (χ4n) is 5.18. The van der Waals surface area contributed by atoms with E-state index in [0.717, 1.165) is 42.4 Å². The molecule has 0 radical (unpaired) electrons. The first-order chi connectivity index (χ1) is 19.7. The highest BCUT2D eigenvalue weighted by Crippen LogP contribution is 2.33. The van der Waals surface area contributed by atoms with Gasteiger partial charge < -0.3 is 31.4 Å². The molecule has 2 aliphatic rings. The number of fused-ring (bicyclic) bond motifs is 1. The highest BCUT2D eigenvalue weighted by atomic mass is 32.2. The molecule has 5 atom stereocenters. The Morgan fingerprint density at radius 2 is 1.78 bits per heavy atom. The molecule has 10 nitrogen and oxygen atoms in total. The second-order valence-corrected chi connectivity index (χ2v) is 12.7. The third-order valence-electron chi connectivity index (χ3n) is 7.59. The average Bonchev–Trinajstić information content (AvgIpc) is 3.49. The van der Waals surface area contributed by atoms with Crippen LogP contribution >= 0.6 is 11.8 Å². The maximum absolute atomic E-state index is 12.9. The molecule has 5 amide bonds. The maximum Gasteiger partial charge on any atom is 0.315 e. The number of aldehydes is 1. The number of aryl methyl sites for hydroxylation is 1. The van der Waals surface area contributed by atoms with Crippen LogP contribution in [0.5, 0.6) is 0 Å². The van der Waals surface area contributed by atoms with E-state index in [-0.39, 0.29) is 48.2 Å². The zero-order valence-electron chi connectivity index (χ0n) is 24.4. The van der Waals surface area contributed by atoms with E-state index in [1.807, 2.05) is 56.8 Å². The second-order valence-electron chi connectivity index (χ2n) is 11.4. The number of carbonyl (C=O) groups excluding carboxylic acids is 5. The van der Waals surface area contributed by atoms with Gasteiger partial charge >= 0.3 is 6.03 Å². The van der Waals surface area contributed by atoms with E-state index in [2.05, 4.69) is 26.6 Å². The predicted molar refractivity (Wildman–Crippen MR) is 160 cm³/mol. The monoisotopic (exact) mass is 587 g/mol. The number of thioether (sulfide) groups is 1. The molecule has 1 aromatic rings. The molecule has 41 heavy (non-hydrogen) atoms. The van der Waals surface area contributed by atoms with Crippen molar-refractivity contribution in [3.63, 3.8) is 0 Å². The minimum Gasteiger partial charge on any atom is -0.356 e. The van der Waals surface area contributed by atoms with Crippen molar-refractivity contribution in [3.05, 3.63) is 35.4 Å². The van der Waals surface area contributed by atoms with Crippen LogP contribution in [0.3, 0.4) is 0 Å². The fraction of sp³-hybridized carbons (Fsp3) is 0.633. The van der Waals surface area contributed by atoms with Crippen LogP contribution in [-0.2, 0) is 25.6 Å². The summed E-state index contributed by atoms with van der Waals surface area (Å²) in [5, 5.41) is 14.8. The minimum atomic E-state index is -0.739. The lowest BCUT2D eigenvalue weighted by atomic mass is 10.0. The molecule has 0 saturated carbocycles. The number of hydrogen-bond acceptors (Lipinski definition) is 6. The third kappa shape index (κ3) is 10.7. The van der Waals surface area contributed by atoms with Crippen LogP contribution in [0.15, 0.2) is 24.3 Å². The number of unbranched alkanes of at least 4 members (excludes halogenated alkanes) is 2. The number of benzene rings is 1. The van der Waals surface area contributed by atoms with Crippen molar-refractivity contribution < 1.29 is 24.0 Å². The Balaban J connectivity index is 1.27. The third-order valence-corrected chi connectivity index (χ3v) is 9.10. The molecule has 0 spiro atoms. The van der Waals surface area contributed by atoms with Gasteiger partial charge in [-0.05, 0) is 50.5 Å². The number of nitrogens with one attached hydrogen (secondary N) is 5. The summed E-state index contributed by atoms with van der Waals surface area (Å²) in [6.07, 6.45) is 5.91. The molecular weight excluding hydrogens is 542 g/mol. The van der Waals surface area contributed by atoms with Crippen LogP contribution in [0.2, 0.25) is 0 Å². The van der Waals surface area contributed by atoms with Crippen LogP contribution in [0.1, 0.15) is 69.9 Å². The fourth-order valence-corrected chi connectivity index (χ4v) is 6.72. The SMILES string of the molecule is Cc1ccc(CC(=O)N[C@H](C(=O)N[C@H](C=O)CCCCNC(=O)CCCC[C@@H]2SC[C@@H]3NC(=O)N[C@@H]32)C(C)C)cc1. The Morgan fingerprint density at radius 1 is 1.02 bits per heavy atom. The van der Waals surface area contributed by atoms with E-state index in [9.17, 15) is 24.0 Å². The summed E-state index contributed by atoms with van der Waals surface area (Å²) in [5.41, 5.74) is 1.98. The highest BCUT2D eigenvalue weighted by molar-refractivity contribution is 8.00. The van der Waals surface area contributed by atoms with Crippen LogP contribution in [0.4, 0.5) is 4.79 Å². The lowest BCUT2D eigenvalue weighted by molar-refractivity contribution is -0.131. The summed E-state index contributed by atoms with van der Waals surface area (Å²) in [6, 6.07) is 6.62. The van der Waals surface area contributed by atoms with Gasteiger partial charge in [0.1, 0.15) is 12.3 Å². The van der Waals surface area contributed by atoms with Crippen LogP contribution in [0.25, 0.3) is 0 Å². The van der Waals surface area contributed by atoms with Gasteiger partial charge in [-0.2, -0.15) is 11.8 Å². The Labute approximate surface area is 247 Å². The molecule has 11 heteroatoms. The van der Waals surface area contributed by atoms with E-state index in [1.54, 1.807) is 0 Å². The zero-order chi connectivity index (χ0) is 29.8. The topological polar surface area (TPSA) is 146 Å². The van der Waals surface area contributed by atoms with Crippen molar-refractivity contribution >= 4 is 41.8 Å². The maximum atomic E-state index is 12.9. The number of amides is 5. The normalized spacial score (nSPS) is 20.9. The van der Waals surface area contributed by atoms with Gasteiger partial charge in [-0.3, -0.25) is 14.4 Å². The largest absolute Gasteiger partial charge is 0.356 e. The molecule has 2 saturated heterocycles. The van der Waals surface area contributed by atoms with Crippen molar-refractivity contribution in [2.45, 2.75) is 102 Å². The van der Waals surface area contributed by atoms with Gasteiger partial charge in [-0.1, -0.05) is 50.1 Å². The molecule has 0 unspecified atom stereocenters. The van der Waals surface area contributed by atoms with E-state index < -0.39 is 12.1 Å². The summed E-state index contributed by atoms with van der Waals surface area (Å²) in [5.74, 6) is 0.188. The van der Waals surface area contributed by atoms with Gasteiger partial charge in [0, 0.05) is 24.0 Å². The van der Waals surface area contributed by atoms with Gasteiger partial charge in [0.15, 0.2) is 0 Å². The van der Waals surface area contributed by atoms with Crippen LogP contribution in [-0.4, -0.2) is 71.8 Å². The second kappa shape index (κ2) is 16.4. The summed E-state index contributed by atoms with van der Waals surface area (Å²) in [7, 11) is 0. The number of urea groups is 1. The predicted octanol–water partition coefficient (Wildman–Crippen LogP) is 2.37. The molecule has 2 fully saturated rings. The van der Waals surface area contributed by atoms with Gasteiger partial charge in [0.25, 0.3) is 0 Å². The first-order valence-corrected chi connectivity index (χ1v) is 15.8. The number of hydrogen-bond donors (Lipinski definition) is 5. The Hall–Kier alpha value is -3.08. The van der Waals surface area contributed by atoms with E-state index in [4.69, 9.17) is 0 Å².